The molecule has 36 heavy (non-hydrogen) atoms. The number of amides is 1. The third-order valence-electron chi connectivity index (χ3n) is 5.21. The smallest absolute Gasteiger partial charge is 0.276 e. The number of para-hydroxylation sites is 1. The summed E-state index contributed by atoms with van der Waals surface area (Å²) in [6.45, 7) is 0. The van der Waals surface area contributed by atoms with Crippen molar-refractivity contribution in [1.29, 1.82) is 0 Å². The number of benzene rings is 3. The first-order valence-electron chi connectivity index (χ1n) is 10.8. The van der Waals surface area contributed by atoms with Crippen molar-refractivity contribution in [2.24, 2.45) is 0 Å². The monoisotopic (exact) mass is 490 g/mol. The highest BCUT2D eigenvalue weighted by Gasteiger charge is 2.13. The van der Waals surface area contributed by atoms with Crippen LogP contribution in [0.1, 0.15) is 16.7 Å². The van der Waals surface area contributed by atoms with Gasteiger partial charge in [0.15, 0.2) is 11.5 Å². The summed E-state index contributed by atoms with van der Waals surface area (Å²) in [5, 5.41) is 14.0. The second kappa shape index (κ2) is 12.1. The van der Waals surface area contributed by atoms with Crippen LogP contribution >= 0.6 is 0 Å². The third-order valence-corrected chi connectivity index (χ3v) is 5.21. The molecule has 0 aliphatic carbocycles. The number of carbonyl (C=O) groups is 1. The maximum Gasteiger partial charge on any atom is 0.276 e. The number of nitrogens with zero attached hydrogens (tertiary/aromatic N) is 1. The quantitative estimate of drug-likeness (QED) is 0.174. The molecule has 3 aromatic carbocycles. The van der Waals surface area contributed by atoms with Crippen LogP contribution in [0.15, 0.2) is 60.7 Å². The fourth-order valence-corrected chi connectivity index (χ4v) is 3.44. The fraction of sp³-hybridized carbons (Fsp3) is 0.148. The molecule has 1 amide bonds. The van der Waals surface area contributed by atoms with Crippen LogP contribution in [0.3, 0.4) is 0 Å². The first-order chi connectivity index (χ1) is 17.4. The number of methoxy groups -OCH3 is 4. The minimum atomic E-state index is -0.493. The number of hydrogen-bond acceptors (Lipinski definition) is 7. The minimum Gasteiger partial charge on any atom is -0.497 e. The van der Waals surface area contributed by atoms with E-state index in [9.17, 15) is 14.9 Å². The molecule has 0 spiro atoms. The minimum absolute atomic E-state index is 0.0834. The molecule has 0 fully saturated rings. The summed E-state index contributed by atoms with van der Waals surface area (Å²) in [6, 6.07) is 15.0. The summed E-state index contributed by atoms with van der Waals surface area (Å²) in [7, 11) is 6.16. The van der Waals surface area contributed by atoms with Gasteiger partial charge in [0.1, 0.15) is 5.75 Å². The predicted molar refractivity (Wildman–Crippen MR) is 139 cm³/mol. The lowest BCUT2D eigenvalue weighted by atomic mass is 10.1. The molecule has 0 bridgehead atoms. The third kappa shape index (κ3) is 6.20. The summed E-state index contributed by atoms with van der Waals surface area (Å²) in [6.07, 6.45) is 6.30. The average molecular weight is 491 g/mol. The van der Waals surface area contributed by atoms with Gasteiger partial charge in [-0.05, 0) is 48.0 Å². The highest BCUT2D eigenvalue weighted by molar-refractivity contribution is 6.03. The van der Waals surface area contributed by atoms with Gasteiger partial charge >= 0.3 is 0 Å². The fourth-order valence-electron chi connectivity index (χ4n) is 3.44. The standard InChI is InChI=1S/C27H26N2O7/c1-33-21-12-13-22(28-26(30)14-11-19-7-5-6-8-23(19)29(31)32)20(17-21)10-9-18-15-24(34-2)27(36-4)25(16-18)35-3/h5-17H,1-4H3,(H,28,30)/b10-9+,14-11+. The molecule has 0 radical (unpaired) electrons. The molecule has 3 rings (SSSR count). The molecule has 0 heterocycles. The molecule has 0 atom stereocenters. The van der Waals surface area contributed by atoms with E-state index >= 15 is 0 Å². The van der Waals surface area contributed by atoms with E-state index in [4.69, 9.17) is 18.9 Å². The Morgan fingerprint density at radius 2 is 1.53 bits per heavy atom. The summed E-state index contributed by atoms with van der Waals surface area (Å²) in [5.41, 5.74) is 2.22. The summed E-state index contributed by atoms with van der Waals surface area (Å²) >= 11 is 0. The molecule has 9 nitrogen and oxygen atoms in total. The van der Waals surface area contributed by atoms with Crippen molar-refractivity contribution in [2.75, 3.05) is 33.8 Å². The Bertz CT molecular complexity index is 1290. The van der Waals surface area contributed by atoms with Crippen molar-refractivity contribution in [3.05, 3.63) is 87.5 Å². The maximum absolute atomic E-state index is 12.6. The number of nitro benzene ring substituents is 1. The van der Waals surface area contributed by atoms with E-state index in [0.29, 0.717) is 39.8 Å². The molecular formula is C27H26N2O7. The molecule has 186 valence electrons. The molecule has 0 aliphatic heterocycles. The van der Waals surface area contributed by atoms with Crippen LogP contribution in [0.2, 0.25) is 0 Å². The second-order valence-electron chi connectivity index (χ2n) is 7.38. The van der Waals surface area contributed by atoms with Crippen LogP contribution in [0.25, 0.3) is 18.2 Å². The number of rotatable bonds is 10. The van der Waals surface area contributed by atoms with Crippen molar-refractivity contribution in [3.63, 3.8) is 0 Å². The van der Waals surface area contributed by atoms with Gasteiger partial charge in [-0.1, -0.05) is 24.3 Å². The normalized spacial score (nSPS) is 10.9. The highest BCUT2D eigenvalue weighted by Crippen LogP contribution is 2.38. The van der Waals surface area contributed by atoms with Crippen LogP contribution in [0.5, 0.6) is 23.0 Å². The molecule has 0 saturated carbocycles. The Labute approximate surface area is 208 Å². The Hall–Kier alpha value is -4.79. The average Bonchev–Trinajstić information content (AvgIpc) is 2.90. The SMILES string of the molecule is COc1ccc(NC(=O)/C=C/c2ccccc2[N+](=O)[O-])c(/C=C/c2cc(OC)c(OC)c(OC)c2)c1. The van der Waals surface area contributed by atoms with E-state index in [2.05, 4.69) is 5.32 Å². The van der Waals surface area contributed by atoms with Crippen LogP contribution in [-0.4, -0.2) is 39.3 Å². The summed E-state index contributed by atoms with van der Waals surface area (Å²) in [4.78, 5) is 23.3. The van der Waals surface area contributed by atoms with Crippen molar-refractivity contribution in [1.82, 2.24) is 0 Å². The second-order valence-corrected chi connectivity index (χ2v) is 7.38. The van der Waals surface area contributed by atoms with Gasteiger partial charge in [-0.15, -0.1) is 0 Å². The topological polar surface area (TPSA) is 109 Å². The van der Waals surface area contributed by atoms with E-state index in [1.54, 1.807) is 55.6 Å². The van der Waals surface area contributed by atoms with Crippen molar-refractivity contribution in [3.8, 4) is 23.0 Å². The molecule has 1 N–H and O–H groups in total. The largest absolute Gasteiger partial charge is 0.497 e. The molecule has 3 aromatic rings. The molecule has 0 aromatic heterocycles. The van der Waals surface area contributed by atoms with E-state index in [1.807, 2.05) is 12.2 Å². The number of hydrogen-bond donors (Lipinski definition) is 1. The van der Waals surface area contributed by atoms with Crippen LogP contribution in [0, 0.1) is 10.1 Å². The zero-order chi connectivity index (χ0) is 26.1. The Morgan fingerprint density at radius 3 is 2.14 bits per heavy atom. The van der Waals surface area contributed by atoms with Crippen LogP contribution < -0.4 is 24.3 Å². The molecule has 0 saturated heterocycles. The first kappa shape index (κ1) is 25.8. The van der Waals surface area contributed by atoms with E-state index in [1.165, 1.54) is 39.5 Å². The van der Waals surface area contributed by atoms with Crippen molar-refractivity contribution < 1.29 is 28.7 Å². The van der Waals surface area contributed by atoms with E-state index < -0.39 is 10.8 Å². The Balaban J connectivity index is 1.89. The van der Waals surface area contributed by atoms with Gasteiger partial charge < -0.3 is 24.3 Å². The number of nitro groups is 1. The lowest BCUT2D eigenvalue weighted by Gasteiger charge is -2.13. The number of ether oxygens (including phenoxy) is 4. The number of anilines is 1. The molecular weight excluding hydrogens is 464 g/mol. The number of nitrogens with one attached hydrogen (secondary N) is 1. The van der Waals surface area contributed by atoms with Gasteiger partial charge in [0, 0.05) is 23.4 Å². The van der Waals surface area contributed by atoms with Crippen LogP contribution in [0.4, 0.5) is 11.4 Å². The molecule has 9 heteroatoms. The van der Waals surface area contributed by atoms with Gasteiger partial charge in [-0.3, -0.25) is 14.9 Å². The lowest BCUT2D eigenvalue weighted by molar-refractivity contribution is -0.385. The summed E-state index contributed by atoms with van der Waals surface area (Å²) in [5.74, 6) is 1.66. The zero-order valence-electron chi connectivity index (χ0n) is 20.3. The number of carbonyl (C=O) groups excluding carboxylic acids is 1. The van der Waals surface area contributed by atoms with Gasteiger partial charge in [0.05, 0.1) is 38.9 Å². The molecule has 0 aliphatic rings. The van der Waals surface area contributed by atoms with Crippen LogP contribution in [-0.2, 0) is 4.79 Å². The Morgan fingerprint density at radius 1 is 0.833 bits per heavy atom. The van der Waals surface area contributed by atoms with Gasteiger partial charge in [0.2, 0.25) is 11.7 Å². The van der Waals surface area contributed by atoms with Crippen molar-refractivity contribution in [2.45, 2.75) is 0 Å². The van der Waals surface area contributed by atoms with Gasteiger partial charge in [-0.25, -0.2) is 0 Å². The predicted octanol–water partition coefficient (Wildman–Crippen LogP) is 5.45. The van der Waals surface area contributed by atoms with Crippen molar-refractivity contribution >= 4 is 35.5 Å². The van der Waals surface area contributed by atoms with Gasteiger partial charge in [-0.2, -0.15) is 0 Å². The maximum atomic E-state index is 12.6. The van der Waals surface area contributed by atoms with E-state index in [-0.39, 0.29) is 5.69 Å². The van der Waals surface area contributed by atoms with Gasteiger partial charge in [0.25, 0.3) is 5.69 Å². The summed E-state index contributed by atoms with van der Waals surface area (Å²) < 4.78 is 21.5. The van der Waals surface area contributed by atoms with E-state index in [0.717, 1.165) is 5.56 Å². The lowest BCUT2D eigenvalue weighted by Crippen LogP contribution is -2.09. The highest BCUT2D eigenvalue weighted by atomic mass is 16.6. The molecule has 0 unspecified atom stereocenters. The zero-order valence-corrected chi connectivity index (χ0v) is 20.3. The Kier molecular flexibility index (Phi) is 8.66. The first-order valence-corrected chi connectivity index (χ1v) is 10.8.